The number of carbonyl (C=O) groups is 1. The van der Waals surface area contributed by atoms with Gasteiger partial charge in [0.25, 0.3) is 11.6 Å². The fourth-order valence-corrected chi connectivity index (χ4v) is 2.55. The molecule has 8 nitrogen and oxygen atoms in total. The fourth-order valence-electron chi connectivity index (χ4n) is 2.55. The van der Waals surface area contributed by atoms with Crippen molar-refractivity contribution in [3.63, 3.8) is 0 Å². The van der Waals surface area contributed by atoms with Gasteiger partial charge in [0.1, 0.15) is 0 Å². The van der Waals surface area contributed by atoms with Gasteiger partial charge in [0.2, 0.25) is 0 Å². The zero-order valence-corrected chi connectivity index (χ0v) is 12.4. The highest BCUT2D eigenvalue weighted by Gasteiger charge is 2.18. The lowest BCUT2D eigenvalue weighted by Gasteiger charge is -2.23. The van der Waals surface area contributed by atoms with E-state index in [0.717, 1.165) is 25.9 Å². The molecule has 0 unspecified atom stereocenters. The third-order valence-electron chi connectivity index (χ3n) is 3.78. The Morgan fingerprint density at radius 1 is 1.35 bits per heavy atom. The summed E-state index contributed by atoms with van der Waals surface area (Å²) in [5, 5.41) is 21.1. The van der Waals surface area contributed by atoms with E-state index in [9.17, 15) is 14.9 Å². The number of benzene rings is 1. The van der Waals surface area contributed by atoms with Gasteiger partial charge < -0.3 is 10.6 Å². The molecule has 3 rings (SSSR count). The molecular formula is C15H17N5O3. The smallest absolute Gasteiger partial charge is 0.272 e. The van der Waals surface area contributed by atoms with Crippen molar-refractivity contribution >= 4 is 11.6 Å². The summed E-state index contributed by atoms with van der Waals surface area (Å²) in [5.41, 5.74) is 1.01. The van der Waals surface area contributed by atoms with E-state index in [1.807, 2.05) is 0 Å². The molecule has 0 aliphatic carbocycles. The average molecular weight is 315 g/mol. The summed E-state index contributed by atoms with van der Waals surface area (Å²) in [7, 11) is 0. The van der Waals surface area contributed by atoms with Crippen LogP contribution in [0.1, 0.15) is 23.3 Å². The molecule has 1 aliphatic rings. The highest BCUT2D eigenvalue weighted by Crippen LogP contribution is 2.15. The van der Waals surface area contributed by atoms with Crippen LogP contribution in [0.4, 0.5) is 5.69 Å². The zero-order valence-electron chi connectivity index (χ0n) is 12.4. The summed E-state index contributed by atoms with van der Waals surface area (Å²) >= 11 is 0. The molecule has 2 aromatic rings. The van der Waals surface area contributed by atoms with E-state index in [1.54, 1.807) is 24.4 Å². The summed E-state index contributed by atoms with van der Waals surface area (Å²) in [4.78, 5) is 22.4. The molecule has 1 atom stereocenters. The molecule has 8 heteroatoms. The van der Waals surface area contributed by atoms with Gasteiger partial charge in [-0.05, 0) is 37.6 Å². The topological polar surface area (TPSA) is 102 Å². The Hall–Kier alpha value is -2.74. The minimum absolute atomic E-state index is 0.0173. The molecule has 1 saturated heterocycles. The third kappa shape index (κ3) is 3.54. The maximum atomic E-state index is 12.2. The molecule has 1 aliphatic heterocycles. The summed E-state index contributed by atoms with van der Waals surface area (Å²) in [6.45, 7) is 1.76. The van der Waals surface area contributed by atoms with Gasteiger partial charge in [0.05, 0.1) is 10.6 Å². The average Bonchev–Trinajstić information content (AvgIpc) is 3.06. The molecule has 0 spiro atoms. The highest BCUT2D eigenvalue weighted by molar-refractivity contribution is 5.92. The molecule has 2 N–H and O–H groups in total. The lowest BCUT2D eigenvalue weighted by atomic mass is 10.1. The van der Waals surface area contributed by atoms with Crippen LogP contribution in [0.15, 0.2) is 36.5 Å². The van der Waals surface area contributed by atoms with Gasteiger partial charge in [0.15, 0.2) is 5.69 Å². The second-order valence-electron chi connectivity index (χ2n) is 5.44. The van der Waals surface area contributed by atoms with Crippen molar-refractivity contribution < 1.29 is 9.72 Å². The highest BCUT2D eigenvalue weighted by atomic mass is 16.6. The Morgan fingerprint density at radius 3 is 2.78 bits per heavy atom. The van der Waals surface area contributed by atoms with Gasteiger partial charge in [-0.3, -0.25) is 14.9 Å². The maximum absolute atomic E-state index is 12.2. The van der Waals surface area contributed by atoms with Crippen molar-refractivity contribution in [2.45, 2.75) is 18.9 Å². The van der Waals surface area contributed by atoms with Crippen molar-refractivity contribution in [1.82, 2.24) is 20.4 Å². The number of rotatable bonds is 4. The van der Waals surface area contributed by atoms with Crippen molar-refractivity contribution in [1.29, 1.82) is 0 Å². The van der Waals surface area contributed by atoms with Gasteiger partial charge in [0, 0.05) is 30.9 Å². The fraction of sp³-hybridized carbons (Fsp3) is 0.333. The molecule has 1 aromatic carbocycles. The molecule has 1 aromatic heterocycles. The van der Waals surface area contributed by atoms with E-state index in [1.165, 1.54) is 16.8 Å². The normalized spacial score (nSPS) is 17.7. The van der Waals surface area contributed by atoms with Gasteiger partial charge in [-0.15, -0.1) is 0 Å². The number of nitrogens with zero attached hydrogens (tertiary/aromatic N) is 3. The Morgan fingerprint density at radius 2 is 2.13 bits per heavy atom. The van der Waals surface area contributed by atoms with E-state index < -0.39 is 4.92 Å². The van der Waals surface area contributed by atoms with Crippen LogP contribution >= 0.6 is 0 Å². The first-order chi connectivity index (χ1) is 11.1. The van der Waals surface area contributed by atoms with Crippen LogP contribution in [0.2, 0.25) is 0 Å². The number of hydrogen-bond donors (Lipinski definition) is 2. The molecule has 120 valence electrons. The van der Waals surface area contributed by atoms with Gasteiger partial charge in [-0.2, -0.15) is 5.10 Å². The second-order valence-corrected chi connectivity index (χ2v) is 5.44. The molecule has 0 radical (unpaired) electrons. The summed E-state index contributed by atoms with van der Waals surface area (Å²) in [6, 6.07) is 7.76. The number of amides is 1. The Kier molecular flexibility index (Phi) is 4.33. The van der Waals surface area contributed by atoms with Crippen LogP contribution in [0.25, 0.3) is 5.69 Å². The molecule has 1 fully saturated rings. The first-order valence-corrected chi connectivity index (χ1v) is 7.45. The molecular weight excluding hydrogens is 298 g/mol. The molecule has 23 heavy (non-hydrogen) atoms. The number of piperidine rings is 1. The van der Waals surface area contributed by atoms with Crippen LogP contribution in [-0.2, 0) is 0 Å². The van der Waals surface area contributed by atoms with Gasteiger partial charge >= 0.3 is 0 Å². The number of nitro groups is 1. The number of carbonyl (C=O) groups excluding carboxylic acids is 1. The van der Waals surface area contributed by atoms with Gasteiger partial charge in [-0.1, -0.05) is 0 Å². The third-order valence-corrected chi connectivity index (χ3v) is 3.78. The number of nitrogens with one attached hydrogen (secondary N) is 2. The van der Waals surface area contributed by atoms with Crippen LogP contribution in [0, 0.1) is 10.1 Å². The van der Waals surface area contributed by atoms with Crippen LogP contribution in [0.5, 0.6) is 0 Å². The SMILES string of the molecule is O=C(N[C@H]1CCCNC1)c1ccn(-c2ccc([N+](=O)[O-])cc2)n1. The van der Waals surface area contributed by atoms with Crippen LogP contribution in [0.3, 0.4) is 0 Å². The first-order valence-electron chi connectivity index (χ1n) is 7.45. The Labute approximate surface area is 132 Å². The minimum atomic E-state index is -0.454. The first kappa shape index (κ1) is 15.2. The summed E-state index contributed by atoms with van der Waals surface area (Å²) in [5.74, 6) is -0.209. The maximum Gasteiger partial charge on any atom is 0.272 e. The summed E-state index contributed by atoms with van der Waals surface area (Å²) in [6.07, 6.45) is 3.67. The van der Waals surface area contributed by atoms with E-state index >= 15 is 0 Å². The molecule has 2 heterocycles. The molecule has 0 bridgehead atoms. The number of aromatic nitrogens is 2. The van der Waals surface area contributed by atoms with Crippen molar-refractivity contribution in [3.8, 4) is 5.69 Å². The van der Waals surface area contributed by atoms with Crippen LogP contribution in [-0.4, -0.2) is 39.7 Å². The van der Waals surface area contributed by atoms with E-state index in [4.69, 9.17) is 0 Å². The van der Waals surface area contributed by atoms with E-state index in [0.29, 0.717) is 11.4 Å². The lowest BCUT2D eigenvalue weighted by molar-refractivity contribution is -0.384. The Bertz CT molecular complexity index is 704. The quantitative estimate of drug-likeness (QED) is 0.653. The Balaban J connectivity index is 1.69. The minimum Gasteiger partial charge on any atom is -0.347 e. The van der Waals surface area contributed by atoms with Gasteiger partial charge in [-0.25, -0.2) is 4.68 Å². The predicted octanol–water partition coefficient (Wildman–Crippen LogP) is 1.26. The number of non-ortho nitro benzene ring substituents is 1. The summed E-state index contributed by atoms with van der Waals surface area (Å²) < 4.78 is 1.53. The largest absolute Gasteiger partial charge is 0.347 e. The van der Waals surface area contributed by atoms with Crippen LogP contribution < -0.4 is 10.6 Å². The van der Waals surface area contributed by atoms with E-state index in [2.05, 4.69) is 15.7 Å². The zero-order chi connectivity index (χ0) is 16.2. The van der Waals surface area contributed by atoms with Crippen molar-refractivity contribution in [2.24, 2.45) is 0 Å². The number of hydrogen-bond acceptors (Lipinski definition) is 5. The predicted molar refractivity (Wildman–Crippen MR) is 83.6 cm³/mol. The van der Waals surface area contributed by atoms with E-state index in [-0.39, 0.29) is 17.6 Å². The molecule has 0 saturated carbocycles. The molecule has 1 amide bonds. The number of nitro benzene ring substituents is 1. The standard InChI is InChI=1S/C15H17N5O3/c21-15(17-11-2-1-8-16-10-11)14-7-9-19(18-14)12-3-5-13(6-4-12)20(22)23/h3-7,9,11,16H,1-2,8,10H2,(H,17,21)/t11-/m0/s1. The van der Waals surface area contributed by atoms with Crippen molar-refractivity contribution in [3.05, 3.63) is 52.3 Å². The monoisotopic (exact) mass is 315 g/mol. The lowest BCUT2D eigenvalue weighted by Crippen LogP contribution is -2.45. The second kappa shape index (κ2) is 6.57. The van der Waals surface area contributed by atoms with Crippen molar-refractivity contribution in [2.75, 3.05) is 13.1 Å².